The molecular weight excluding hydrogens is 162 g/mol. The topological polar surface area (TPSA) is 23.5 Å². The summed E-state index contributed by atoms with van der Waals surface area (Å²) in [5, 5.41) is 9.55. The average molecular weight is 179 g/mol. The average Bonchev–Trinajstić information content (AvgIpc) is 2.03. The van der Waals surface area contributed by atoms with Gasteiger partial charge in [0.25, 0.3) is 0 Å². The summed E-state index contributed by atoms with van der Waals surface area (Å²) >= 11 is 0. The second-order valence-corrected chi connectivity index (χ2v) is 3.76. The lowest BCUT2D eigenvalue weighted by atomic mass is 10.2. The SMILES string of the molecule is CC(C)CN(C)c1ccccc1O. The van der Waals surface area contributed by atoms with E-state index in [1.807, 2.05) is 25.2 Å². The number of anilines is 1. The molecule has 2 nitrogen and oxygen atoms in total. The van der Waals surface area contributed by atoms with E-state index in [1.165, 1.54) is 0 Å². The molecule has 2 heteroatoms. The van der Waals surface area contributed by atoms with Crippen molar-refractivity contribution in [1.29, 1.82) is 0 Å². The number of para-hydroxylation sites is 2. The molecule has 0 aromatic heterocycles. The molecule has 0 saturated carbocycles. The summed E-state index contributed by atoms with van der Waals surface area (Å²) < 4.78 is 0. The van der Waals surface area contributed by atoms with E-state index in [0.29, 0.717) is 11.7 Å². The minimum Gasteiger partial charge on any atom is -0.506 e. The number of phenolic OH excluding ortho intramolecular Hbond substituents is 1. The number of rotatable bonds is 3. The van der Waals surface area contributed by atoms with Gasteiger partial charge in [-0.05, 0) is 18.1 Å². The lowest BCUT2D eigenvalue weighted by Gasteiger charge is -2.22. The van der Waals surface area contributed by atoms with Crippen LogP contribution in [0.15, 0.2) is 24.3 Å². The monoisotopic (exact) mass is 179 g/mol. The van der Waals surface area contributed by atoms with Crippen LogP contribution in [-0.4, -0.2) is 18.7 Å². The summed E-state index contributed by atoms with van der Waals surface area (Å²) in [5.74, 6) is 0.954. The van der Waals surface area contributed by atoms with E-state index in [9.17, 15) is 5.11 Å². The highest BCUT2D eigenvalue weighted by molar-refractivity contribution is 5.56. The van der Waals surface area contributed by atoms with E-state index >= 15 is 0 Å². The van der Waals surface area contributed by atoms with Gasteiger partial charge in [-0.2, -0.15) is 0 Å². The van der Waals surface area contributed by atoms with Crippen LogP contribution >= 0.6 is 0 Å². The highest BCUT2D eigenvalue weighted by Gasteiger charge is 2.06. The van der Waals surface area contributed by atoms with Crippen LogP contribution < -0.4 is 4.90 Å². The highest BCUT2D eigenvalue weighted by atomic mass is 16.3. The molecule has 0 amide bonds. The van der Waals surface area contributed by atoms with Crippen LogP contribution in [-0.2, 0) is 0 Å². The maximum absolute atomic E-state index is 9.55. The fraction of sp³-hybridized carbons (Fsp3) is 0.455. The number of benzene rings is 1. The second kappa shape index (κ2) is 4.17. The minimum atomic E-state index is 0.352. The van der Waals surface area contributed by atoms with Crippen LogP contribution in [0.3, 0.4) is 0 Å². The molecule has 0 unspecified atom stereocenters. The Hall–Kier alpha value is -1.18. The van der Waals surface area contributed by atoms with Crippen LogP contribution in [0.2, 0.25) is 0 Å². The van der Waals surface area contributed by atoms with E-state index in [4.69, 9.17) is 0 Å². The molecule has 1 aromatic rings. The predicted octanol–water partition coefficient (Wildman–Crippen LogP) is 2.48. The Balaban J connectivity index is 2.76. The van der Waals surface area contributed by atoms with Crippen LogP contribution in [0.25, 0.3) is 0 Å². The zero-order valence-electron chi connectivity index (χ0n) is 8.49. The molecule has 13 heavy (non-hydrogen) atoms. The third-order valence-corrected chi connectivity index (χ3v) is 1.93. The van der Waals surface area contributed by atoms with Gasteiger partial charge in [-0.3, -0.25) is 0 Å². The van der Waals surface area contributed by atoms with Gasteiger partial charge in [0.05, 0.1) is 5.69 Å². The summed E-state index contributed by atoms with van der Waals surface area (Å²) in [4.78, 5) is 2.07. The molecule has 0 spiro atoms. The van der Waals surface area contributed by atoms with Gasteiger partial charge < -0.3 is 10.0 Å². The van der Waals surface area contributed by atoms with Gasteiger partial charge in [0, 0.05) is 13.6 Å². The Morgan fingerprint density at radius 2 is 1.92 bits per heavy atom. The van der Waals surface area contributed by atoms with E-state index in [1.54, 1.807) is 6.07 Å². The molecule has 1 N–H and O–H groups in total. The van der Waals surface area contributed by atoms with Crippen molar-refractivity contribution in [3.05, 3.63) is 24.3 Å². The fourth-order valence-corrected chi connectivity index (χ4v) is 1.43. The standard InChI is InChI=1S/C11H17NO/c1-9(2)8-12(3)10-6-4-5-7-11(10)13/h4-7,9,13H,8H2,1-3H3. The Kier molecular flexibility index (Phi) is 3.18. The molecular formula is C11H17NO. The van der Waals surface area contributed by atoms with Crippen LogP contribution in [0.4, 0.5) is 5.69 Å². The Bertz CT molecular complexity index is 271. The van der Waals surface area contributed by atoms with Crippen molar-refractivity contribution in [2.24, 2.45) is 5.92 Å². The zero-order chi connectivity index (χ0) is 9.84. The van der Waals surface area contributed by atoms with Crippen molar-refractivity contribution < 1.29 is 5.11 Å². The summed E-state index contributed by atoms with van der Waals surface area (Å²) in [6.07, 6.45) is 0. The molecule has 0 aliphatic carbocycles. The molecule has 0 fully saturated rings. The Labute approximate surface area is 79.8 Å². The molecule has 0 atom stereocenters. The first kappa shape index (κ1) is 9.90. The second-order valence-electron chi connectivity index (χ2n) is 3.76. The van der Waals surface area contributed by atoms with E-state index in [0.717, 1.165) is 12.2 Å². The van der Waals surface area contributed by atoms with Crippen molar-refractivity contribution in [3.63, 3.8) is 0 Å². The molecule has 1 aromatic carbocycles. The van der Waals surface area contributed by atoms with Crippen molar-refractivity contribution in [2.45, 2.75) is 13.8 Å². The Morgan fingerprint density at radius 3 is 2.46 bits per heavy atom. The van der Waals surface area contributed by atoms with Crippen molar-refractivity contribution in [2.75, 3.05) is 18.5 Å². The largest absolute Gasteiger partial charge is 0.506 e. The Morgan fingerprint density at radius 1 is 1.31 bits per heavy atom. The van der Waals surface area contributed by atoms with Gasteiger partial charge >= 0.3 is 0 Å². The number of hydrogen-bond acceptors (Lipinski definition) is 2. The molecule has 0 saturated heterocycles. The first-order chi connectivity index (χ1) is 6.11. The van der Waals surface area contributed by atoms with Gasteiger partial charge in [-0.25, -0.2) is 0 Å². The quantitative estimate of drug-likeness (QED) is 0.770. The molecule has 1 rings (SSSR count). The fourth-order valence-electron chi connectivity index (χ4n) is 1.43. The predicted molar refractivity (Wildman–Crippen MR) is 56.2 cm³/mol. The van der Waals surface area contributed by atoms with Crippen molar-refractivity contribution >= 4 is 5.69 Å². The maximum atomic E-state index is 9.55. The van der Waals surface area contributed by atoms with Gasteiger partial charge in [-0.15, -0.1) is 0 Å². The lowest BCUT2D eigenvalue weighted by Crippen LogP contribution is -2.22. The number of phenols is 1. The van der Waals surface area contributed by atoms with Crippen molar-refractivity contribution in [3.8, 4) is 5.75 Å². The number of hydrogen-bond donors (Lipinski definition) is 1. The first-order valence-electron chi connectivity index (χ1n) is 4.60. The smallest absolute Gasteiger partial charge is 0.138 e. The van der Waals surface area contributed by atoms with E-state index < -0.39 is 0 Å². The van der Waals surface area contributed by atoms with E-state index in [-0.39, 0.29) is 0 Å². The number of aromatic hydroxyl groups is 1. The van der Waals surface area contributed by atoms with Crippen LogP contribution in [0.1, 0.15) is 13.8 Å². The summed E-state index contributed by atoms with van der Waals surface area (Å²) in [6, 6.07) is 7.41. The van der Waals surface area contributed by atoms with Gasteiger partial charge in [-0.1, -0.05) is 26.0 Å². The van der Waals surface area contributed by atoms with Crippen LogP contribution in [0, 0.1) is 5.92 Å². The third kappa shape index (κ3) is 2.65. The molecule has 0 bridgehead atoms. The minimum absolute atomic E-state index is 0.352. The maximum Gasteiger partial charge on any atom is 0.138 e. The van der Waals surface area contributed by atoms with Gasteiger partial charge in [0.15, 0.2) is 0 Å². The molecule has 0 heterocycles. The van der Waals surface area contributed by atoms with E-state index in [2.05, 4.69) is 18.7 Å². The summed E-state index contributed by atoms with van der Waals surface area (Å²) in [7, 11) is 2.00. The molecule has 72 valence electrons. The molecule has 0 radical (unpaired) electrons. The summed E-state index contributed by atoms with van der Waals surface area (Å²) in [6.45, 7) is 5.28. The first-order valence-corrected chi connectivity index (χ1v) is 4.60. The van der Waals surface area contributed by atoms with Crippen molar-refractivity contribution in [1.82, 2.24) is 0 Å². The normalized spacial score (nSPS) is 10.5. The molecule has 0 aliphatic rings. The third-order valence-electron chi connectivity index (χ3n) is 1.93. The highest BCUT2D eigenvalue weighted by Crippen LogP contribution is 2.25. The zero-order valence-corrected chi connectivity index (χ0v) is 8.49. The summed E-state index contributed by atoms with van der Waals surface area (Å²) in [5.41, 5.74) is 0.899. The molecule has 0 aliphatic heterocycles. The van der Waals surface area contributed by atoms with Gasteiger partial charge in [0.2, 0.25) is 0 Å². The lowest BCUT2D eigenvalue weighted by molar-refractivity contribution is 0.473. The van der Waals surface area contributed by atoms with Gasteiger partial charge in [0.1, 0.15) is 5.75 Å². The number of nitrogens with zero attached hydrogens (tertiary/aromatic N) is 1. The van der Waals surface area contributed by atoms with Crippen LogP contribution in [0.5, 0.6) is 5.75 Å².